The third-order valence-corrected chi connectivity index (χ3v) is 8.66. The average molecular weight is 449 g/mol. The van der Waals surface area contributed by atoms with E-state index in [1.54, 1.807) is 5.56 Å². The van der Waals surface area contributed by atoms with Crippen LogP contribution in [0.25, 0.3) is 17.2 Å². The van der Waals surface area contributed by atoms with E-state index < -0.39 is 0 Å². The Kier molecular flexibility index (Phi) is 6.52. The second-order valence-corrected chi connectivity index (χ2v) is 11.2. The lowest BCUT2D eigenvalue weighted by atomic mass is 9.78. The van der Waals surface area contributed by atoms with Gasteiger partial charge in [0.25, 0.3) is 0 Å². The summed E-state index contributed by atoms with van der Waals surface area (Å²) in [6, 6.07) is 11.8. The maximum Gasteiger partial charge on any atom is 0.00826 e. The molecule has 0 spiro atoms. The minimum Gasteiger partial charge on any atom is -0.0989 e. The van der Waals surface area contributed by atoms with Crippen LogP contribution in [0.2, 0.25) is 0 Å². The van der Waals surface area contributed by atoms with Crippen molar-refractivity contribution < 1.29 is 0 Å². The summed E-state index contributed by atoms with van der Waals surface area (Å²) < 4.78 is 0. The van der Waals surface area contributed by atoms with Gasteiger partial charge in [-0.2, -0.15) is 0 Å². The molecule has 1 atom stereocenters. The van der Waals surface area contributed by atoms with Crippen molar-refractivity contribution in [2.75, 3.05) is 0 Å². The summed E-state index contributed by atoms with van der Waals surface area (Å²) >= 11 is 0. The van der Waals surface area contributed by atoms with Crippen molar-refractivity contribution in [3.05, 3.63) is 99.7 Å². The van der Waals surface area contributed by atoms with Gasteiger partial charge in [0.1, 0.15) is 0 Å². The molecule has 34 heavy (non-hydrogen) atoms. The second kappa shape index (κ2) is 9.57. The molecule has 0 saturated heterocycles. The molecule has 2 aromatic rings. The summed E-state index contributed by atoms with van der Waals surface area (Å²) in [6.07, 6.45) is 16.1. The topological polar surface area (TPSA) is 0 Å². The summed E-state index contributed by atoms with van der Waals surface area (Å²) in [7, 11) is 0. The van der Waals surface area contributed by atoms with Crippen LogP contribution >= 0.6 is 0 Å². The van der Waals surface area contributed by atoms with Gasteiger partial charge in [0.15, 0.2) is 0 Å². The number of allylic oxidation sites excluding steroid dienone is 5. The standard InChI is InChI=1S/C34H40/c1-22-16-25(4)32(19-27-10-7-6-8-11-27)34(17-22)30-13-9-12-29-18-28(21-33(29)30)20-31-24(3)15-14-23(2)26(31)5/h9,12-14,16-18,27,31H,3,5-8,10-11,15,19-21H2,1-2,4H3. The molecule has 0 N–H and O–H groups in total. The second-order valence-electron chi connectivity index (χ2n) is 11.2. The Morgan fingerprint density at radius 2 is 1.71 bits per heavy atom. The van der Waals surface area contributed by atoms with E-state index in [2.05, 4.69) is 76.4 Å². The van der Waals surface area contributed by atoms with E-state index in [9.17, 15) is 0 Å². The smallest absolute Gasteiger partial charge is 0.00826 e. The molecule has 0 nitrogen and oxygen atoms in total. The molecule has 0 amide bonds. The third-order valence-electron chi connectivity index (χ3n) is 8.66. The van der Waals surface area contributed by atoms with Gasteiger partial charge in [-0.25, -0.2) is 0 Å². The van der Waals surface area contributed by atoms with Crippen molar-refractivity contribution in [2.24, 2.45) is 11.8 Å². The SMILES string of the molecule is C=C1CC=C(C)C(=C)C1CC1=Cc2cccc(-c3cc(C)cc(C)c3CC3CCCCC3)c2C1. The zero-order valence-corrected chi connectivity index (χ0v) is 21.5. The van der Waals surface area contributed by atoms with Crippen LogP contribution in [0, 0.1) is 25.7 Å². The number of hydrogen-bond acceptors (Lipinski definition) is 0. The highest BCUT2D eigenvalue weighted by atomic mass is 14.3. The zero-order valence-electron chi connectivity index (χ0n) is 21.5. The maximum absolute atomic E-state index is 4.41. The normalized spacial score (nSPS) is 20.9. The monoisotopic (exact) mass is 448 g/mol. The van der Waals surface area contributed by atoms with Crippen LogP contribution < -0.4 is 0 Å². The molecule has 0 heterocycles. The minimum atomic E-state index is 0.386. The van der Waals surface area contributed by atoms with Gasteiger partial charge in [0.2, 0.25) is 0 Å². The Balaban J connectivity index is 1.45. The molecule has 0 aromatic heterocycles. The number of benzene rings is 2. The Hall–Kier alpha value is -2.60. The largest absolute Gasteiger partial charge is 0.0989 e. The number of rotatable bonds is 5. The van der Waals surface area contributed by atoms with E-state index in [4.69, 9.17) is 0 Å². The van der Waals surface area contributed by atoms with Crippen LogP contribution in [-0.4, -0.2) is 0 Å². The van der Waals surface area contributed by atoms with Crippen molar-refractivity contribution in [3.8, 4) is 11.1 Å². The lowest BCUT2D eigenvalue weighted by Gasteiger charge is -2.27. The Morgan fingerprint density at radius 3 is 2.50 bits per heavy atom. The molecule has 176 valence electrons. The highest BCUT2D eigenvalue weighted by Gasteiger charge is 2.26. The molecule has 5 rings (SSSR count). The van der Waals surface area contributed by atoms with Crippen LogP contribution in [0.15, 0.2) is 71.9 Å². The molecule has 0 aliphatic heterocycles. The van der Waals surface area contributed by atoms with Crippen molar-refractivity contribution in [2.45, 2.75) is 78.6 Å². The van der Waals surface area contributed by atoms with E-state index in [-0.39, 0.29) is 0 Å². The van der Waals surface area contributed by atoms with Gasteiger partial charge in [-0.15, -0.1) is 0 Å². The number of fused-ring (bicyclic) bond motifs is 1. The summed E-state index contributed by atoms with van der Waals surface area (Å²) in [4.78, 5) is 0. The average Bonchev–Trinajstić information content (AvgIpc) is 3.24. The molecular weight excluding hydrogens is 408 g/mol. The van der Waals surface area contributed by atoms with Gasteiger partial charge < -0.3 is 0 Å². The summed E-state index contributed by atoms with van der Waals surface area (Å²) in [5.41, 5.74) is 15.8. The summed E-state index contributed by atoms with van der Waals surface area (Å²) in [5, 5.41) is 0. The maximum atomic E-state index is 4.41. The highest BCUT2D eigenvalue weighted by molar-refractivity contribution is 5.80. The van der Waals surface area contributed by atoms with Gasteiger partial charge in [0.05, 0.1) is 0 Å². The van der Waals surface area contributed by atoms with Crippen LogP contribution in [0.1, 0.15) is 79.7 Å². The van der Waals surface area contributed by atoms with E-state index in [1.165, 1.54) is 94.2 Å². The van der Waals surface area contributed by atoms with Crippen molar-refractivity contribution in [1.29, 1.82) is 0 Å². The molecule has 0 bridgehead atoms. The van der Waals surface area contributed by atoms with Gasteiger partial charge >= 0.3 is 0 Å². The third kappa shape index (κ3) is 4.52. The first-order chi connectivity index (χ1) is 16.4. The molecule has 1 fully saturated rings. The van der Waals surface area contributed by atoms with E-state index in [1.807, 2.05) is 0 Å². The van der Waals surface area contributed by atoms with E-state index in [0.29, 0.717) is 5.92 Å². The Morgan fingerprint density at radius 1 is 0.912 bits per heavy atom. The number of hydrogen-bond donors (Lipinski definition) is 0. The fourth-order valence-electron chi connectivity index (χ4n) is 6.62. The van der Waals surface area contributed by atoms with Gasteiger partial charge in [-0.1, -0.05) is 110 Å². The van der Waals surface area contributed by atoms with Crippen molar-refractivity contribution in [1.82, 2.24) is 0 Å². The Bertz CT molecular complexity index is 1190. The fourth-order valence-corrected chi connectivity index (χ4v) is 6.62. The highest BCUT2D eigenvalue weighted by Crippen LogP contribution is 2.43. The van der Waals surface area contributed by atoms with Crippen LogP contribution in [0.3, 0.4) is 0 Å². The first kappa shape index (κ1) is 23.2. The number of aryl methyl sites for hydroxylation is 2. The lowest BCUT2D eigenvalue weighted by Crippen LogP contribution is -2.13. The van der Waals surface area contributed by atoms with Crippen molar-refractivity contribution >= 4 is 6.08 Å². The first-order valence-electron chi connectivity index (χ1n) is 13.4. The van der Waals surface area contributed by atoms with E-state index in [0.717, 1.165) is 25.2 Å². The van der Waals surface area contributed by atoms with Gasteiger partial charge in [-0.3, -0.25) is 0 Å². The fraction of sp³-hybridized carbons (Fsp3) is 0.412. The van der Waals surface area contributed by atoms with Crippen LogP contribution in [0.5, 0.6) is 0 Å². The predicted octanol–water partition coefficient (Wildman–Crippen LogP) is 9.50. The molecule has 1 saturated carbocycles. The molecule has 2 aromatic carbocycles. The molecule has 3 aliphatic rings. The van der Waals surface area contributed by atoms with Crippen molar-refractivity contribution in [3.63, 3.8) is 0 Å². The van der Waals surface area contributed by atoms with Gasteiger partial charge in [-0.05, 0) is 91.3 Å². The Labute approximate surface area is 207 Å². The van der Waals surface area contributed by atoms with Crippen LogP contribution in [-0.2, 0) is 12.8 Å². The van der Waals surface area contributed by atoms with E-state index >= 15 is 0 Å². The quantitative estimate of drug-likeness (QED) is 0.399. The zero-order chi connectivity index (χ0) is 23.8. The first-order valence-corrected chi connectivity index (χ1v) is 13.4. The molecular formula is C34H40. The summed E-state index contributed by atoms with van der Waals surface area (Å²) in [6.45, 7) is 15.6. The minimum absolute atomic E-state index is 0.386. The lowest BCUT2D eigenvalue weighted by molar-refractivity contribution is 0.356. The summed E-state index contributed by atoms with van der Waals surface area (Å²) in [5.74, 6) is 1.23. The van der Waals surface area contributed by atoms with Crippen LogP contribution in [0.4, 0.5) is 0 Å². The van der Waals surface area contributed by atoms with Gasteiger partial charge in [0, 0.05) is 5.92 Å². The predicted molar refractivity (Wildman–Crippen MR) is 148 cm³/mol. The molecule has 0 heteroatoms. The molecule has 0 radical (unpaired) electrons. The molecule has 3 aliphatic carbocycles. The molecule has 1 unspecified atom stereocenters.